The van der Waals surface area contributed by atoms with Gasteiger partial charge in [0, 0.05) is 31.6 Å². The summed E-state index contributed by atoms with van der Waals surface area (Å²) in [4.78, 5) is 7.31. The van der Waals surface area contributed by atoms with Crippen LogP contribution < -0.4 is 5.32 Å². The van der Waals surface area contributed by atoms with Gasteiger partial charge in [0.15, 0.2) is 11.8 Å². The fourth-order valence-electron chi connectivity index (χ4n) is 3.60. The lowest BCUT2D eigenvalue weighted by molar-refractivity contribution is 0.436. The van der Waals surface area contributed by atoms with E-state index in [0.717, 1.165) is 37.1 Å². The lowest BCUT2D eigenvalue weighted by Crippen LogP contribution is -2.42. The van der Waals surface area contributed by atoms with E-state index in [-0.39, 0.29) is 29.4 Å². The molecule has 2 heterocycles. The highest BCUT2D eigenvalue weighted by molar-refractivity contribution is 14.0. The van der Waals surface area contributed by atoms with Crippen molar-refractivity contribution in [2.45, 2.75) is 51.1 Å². The van der Waals surface area contributed by atoms with Crippen LogP contribution in [-0.2, 0) is 19.0 Å². The third kappa shape index (κ3) is 4.44. The van der Waals surface area contributed by atoms with Gasteiger partial charge in [-0.1, -0.05) is 37.3 Å². The van der Waals surface area contributed by atoms with E-state index in [0.29, 0.717) is 12.6 Å². The van der Waals surface area contributed by atoms with Gasteiger partial charge in [-0.2, -0.15) is 0 Å². The Labute approximate surface area is 178 Å². The minimum atomic E-state index is 0. The number of hydrogen-bond acceptors (Lipinski definition) is 3. The van der Waals surface area contributed by atoms with Crippen molar-refractivity contribution in [1.29, 1.82) is 0 Å². The standard InChI is InChI=1S/C20H28N6.HI/c1-15-23-24-18(25(15)3)13-21-19(22-17-9-10-17)26-12-11-20(2,14-26)16-7-5-4-6-8-16;/h4-8,17H,9-14H2,1-3H3,(H,21,22);1H. The Bertz CT molecular complexity index is 798. The lowest BCUT2D eigenvalue weighted by Gasteiger charge is -2.27. The van der Waals surface area contributed by atoms with Gasteiger partial charge in [-0.3, -0.25) is 0 Å². The minimum Gasteiger partial charge on any atom is -0.353 e. The Hall–Kier alpha value is -1.64. The quantitative estimate of drug-likeness (QED) is 0.416. The summed E-state index contributed by atoms with van der Waals surface area (Å²) in [6.45, 7) is 6.92. The van der Waals surface area contributed by atoms with Gasteiger partial charge in [-0.25, -0.2) is 4.99 Å². The molecule has 0 amide bonds. The predicted octanol–water partition coefficient (Wildman–Crippen LogP) is 3.01. The number of nitrogens with one attached hydrogen (secondary N) is 1. The summed E-state index contributed by atoms with van der Waals surface area (Å²) in [7, 11) is 2.00. The fraction of sp³-hybridized carbons (Fsp3) is 0.550. The van der Waals surface area contributed by atoms with E-state index in [1.54, 1.807) is 0 Å². The molecule has 1 aliphatic heterocycles. The molecule has 6 nitrogen and oxygen atoms in total. The number of benzene rings is 1. The van der Waals surface area contributed by atoms with Crippen LogP contribution in [0.1, 0.15) is 43.4 Å². The molecule has 1 saturated carbocycles. The molecular formula is C20H29IN6. The zero-order chi connectivity index (χ0) is 18.1. The predicted molar refractivity (Wildman–Crippen MR) is 118 cm³/mol. The SMILES string of the molecule is Cc1nnc(CN=C(NC2CC2)N2CCC(C)(c3ccccc3)C2)n1C.I. The van der Waals surface area contributed by atoms with Gasteiger partial charge < -0.3 is 14.8 Å². The van der Waals surface area contributed by atoms with Gasteiger partial charge in [-0.15, -0.1) is 34.2 Å². The first kappa shape index (κ1) is 20.1. The van der Waals surface area contributed by atoms with Crippen molar-refractivity contribution in [2.75, 3.05) is 13.1 Å². The number of halogens is 1. The van der Waals surface area contributed by atoms with Crippen molar-refractivity contribution >= 4 is 29.9 Å². The summed E-state index contributed by atoms with van der Waals surface area (Å²) >= 11 is 0. The summed E-state index contributed by atoms with van der Waals surface area (Å²) in [5, 5.41) is 12.0. The number of likely N-dealkylation sites (tertiary alicyclic amines) is 1. The minimum absolute atomic E-state index is 0. The summed E-state index contributed by atoms with van der Waals surface area (Å²) < 4.78 is 2.01. The molecule has 4 rings (SSSR count). The first-order chi connectivity index (χ1) is 12.5. The van der Waals surface area contributed by atoms with Gasteiger partial charge in [0.05, 0.1) is 0 Å². The highest BCUT2D eigenvalue weighted by Gasteiger charge is 2.37. The topological polar surface area (TPSA) is 58.3 Å². The zero-order valence-corrected chi connectivity index (χ0v) is 18.7. The number of rotatable bonds is 4. The Balaban J connectivity index is 0.00000210. The number of guanidine groups is 1. The van der Waals surface area contributed by atoms with Crippen molar-refractivity contribution < 1.29 is 0 Å². The first-order valence-corrected chi connectivity index (χ1v) is 9.51. The Kier molecular flexibility index (Phi) is 6.08. The molecule has 0 bridgehead atoms. The molecular weight excluding hydrogens is 451 g/mol. The van der Waals surface area contributed by atoms with Crippen LogP contribution in [0.15, 0.2) is 35.3 Å². The maximum absolute atomic E-state index is 4.90. The first-order valence-electron chi connectivity index (χ1n) is 9.51. The highest BCUT2D eigenvalue weighted by atomic mass is 127. The van der Waals surface area contributed by atoms with E-state index in [1.807, 2.05) is 18.5 Å². The smallest absolute Gasteiger partial charge is 0.194 e. The molecule has 27 heavy (non-hydrogen) atoms. The Morgan fingerprint density at radius 2 is 2.00 bits per heavy atom. The lowest BCUT2D eigenvalue weighted by atomic mass is 9.82. The molecule has 2 aliphatic rings. The number of aromatic nitrogens is 3. The van der Waals surface area contributed by atoms with Crippen LogP contribution in [0.5, 0.6) is 0 Å². The second kappa shape index (κ2) is 8.16. The summed E-state index contributed by atoms with van der Waals surface area (Å²) in [5.41, 5.74) is 1.59. The van der Waals surface area contributed by atoms with Gasteiger partial charge in [0.25, 0.3) is 0 Å². The van der Waals surface area contributed by atoms with E-state index in [2.05, 4.69) is 57.7 Å². The molecule has 1 atom stereocenters. The van der Waals surface area contributed by atoms with Crippen molar-refractivity contribution in [3.8, 4) is 0 Å². The Morgan fingerprint density at radius 1 is 1.26 bits per heavy atom. The molecule has 7 heteroatoms. The second-order valence-corrected chi connectivity index (χ2v) is 7.88. The molecule has 146 valence electrons. The average Bonchev–Trinajstić information content (AvgIpc) is 3.31. The highest BCUT2D eigenvalue weighted by Crippen LogP contribution is 2.34. The van der Waals surface area contributed by atoms with Crippen LogP contribution in [0.25, 0.3) is 0 Å². The number of aryl methyl sites for hydroxylation is 1. The molecule has 1 saturated heterocycles. The van der Waals surface area contributed by atoms with E-state index in [9.17, 15) is 0 Å². The van der Waals surface area contributed by atoms with Gasteiger partial charge >= 0.3 is 0 Å². The normalized spacial score (nSPS) is 22.6. The molecule has 2 aromatic rings. The van der Waals surface area contributed by atoms with E-state index in [1.165, 1.54) is 18.4 Å². The molecule has 1 N–H and O–H groups in total. The zero-order valence-electron chi connectivity index (χ0n) is 16.4. The van der Waals surface area contributed by atoms with Crippen LogP contribution >= 0.6 is 24.0 Å². The number of hydrogen-bond donors (Lipinski definition) is 1. The summed E-state index contributed by atoms with van der Waals surface area (Å²) in [6, 6.07) is 11.4. The van der Waals surface area contributed by atoms with Crippen molar-refractivity contribution in [2.24, 2.45) is 12.0 Å². The molecule has 1 unspecified atom stereocenters. The largest absolute Gasteiger partial charge is 0.353 e. The third-order valence-corrected chi connectivity index (χ3v) is 5.71. The number of aliphatic imine (C=N–C) groups is 1. The van der Waals surface area contributed by atoms with Crippen LogP contribution in [0.3, 0.4) is 0 Å². The average molecular weight is 480 g/mol. The van der Waals surface area contributed by atoms with Gasteiger partial charge in [0.1, 0.15) is 12.4 Å². The molecule has 0 spiro atoms. The summed E-state index contributed by atoms with van der Waals surface area (Å²) in [5.74, 6) is 2.85. The Morgan fingerprint density at radius 3 is 2.63 bits per heavy atom. The molecule has 1 aromatic heterocycles. The monoisotopic (exact) mass is 480 g/mol. The molecule has 1 aliphatic carbocycles. The van der Waals surface area contributed by atoms with Crippen LogP contribution in [-0.4, -0.2) is 44.8 Å². The number of nitrogens with zero attached hydrogens (tertiary/aromatic N) is 5. The van der Waals surface area contributed by atoms with Gasteiger partial charge in [0.2, 0.25) is 0 Å². The van der Waals surface area contributed by atoms with Gasteiger partial charge in [-0.05, 0) is 31.7 Å². The second-order valence-electron chi connectivity index (χ2n) is 7.88. The molecule has 1 aromatic carbocycles. The molecule has 2 fully saturated rings. The maximum Gasteiger partial charge on any atom is 0.194 e. The van der Waals surface area contributed by atoms with E-state index < -0.39 is 0 Å². The summed E-state index contributed by atoms with van der Waals surface area (Å²) in [6.07, 6.45) is 3.63. The van der Waals surface area contributed by atoms with Crippen molar-refractivity contribution in [3.63, 3.8) is 0 Å². The van der Waals surface area contributed by atoms with E-state index in [4.69, 9.17) is 4.99 Å². The van der Waals surface area contributed by atoms with Crippen molar-refractivity contribution in [3.05, 3.63) is 47.5 Å². The fourth-order valence-corrected chi connectivity index (χ4v) is 3.60. The van der Waals surface area contributed by atoms with Crippen LogP contribution in [0.4, 0.5) is 0 Å². The van der Waals surface area contributed by atoms with Crippen molar-refractivity contribution in [1.82, 2.24) is 25.0 Å². The van der Waals surface area contributed by atoms with Crippen LogP contribution in [0.2, 0.25) is 0 Å². The van der Waals surface area contributed by atoms with Crippen LogP contribution in [0, 0.1) is 6.92 Å². The molecule has 0 radical (unpaired) electrons. The van der Waals surface area contributed by atoms with E-state index >= 15 is 0 Å². The maximum atomic E-state index is 4.90. The third-order valence-electron chi connectivity index (χ3n) is 5.71.